The van der Waals surface area contributed by atoms with E-state index in [0.717, 1.165) is 43.3 Å². The Balaban J connectivity index is 1.33. The van der Waals surface area contributed by atoms with Crippen molar-refractivity contribution < 1.29 is 4.79 Å². The Bertz CT molecular complexity index is 848. The monoisotopic (exact) mass is 333 g/mol. The lowest BCUT2D eigenvalue weighted by atomic mass is 9.90. The normalized spacial score (nSPS) is 15.6. The molecule has 0 aliphatic carbocycles. The van der Waals surface area contributed by atoms with Gasteiger partial charge >= 0.3 is 0 Å². The highest BCUT2D eigenvalue weighted by atomic mass is 16.2. The third kappa shape index (κ3) is 3.58. The predicted molar refractivity (Wildman–Crippen MR) is 99.2 cm³/mol. The van der Waals surface area contributed by atoms with Gasteiger partial charge in [-0.1, -0.05) is 48.5 Å². The Morgan fingerprint density at radius 1 is 1.00 bits per heavy atom. The van der Waals surface area contributed by atoms with Gasteiger partial charge < -0.3 is 4.90 Å². The lowest BCUT2D eigenvalue weighted by Crippen LogP contribution is -2.40. The summed E-state index contributed by atoms with van der Waals surface area (Å²) >= 11 is 0. The predicted octanol–water partition coefficient (Wildman–Crippen LogP) is 3.52. The summed E-state index contributed by atoms with van der Waals surface area (Å²) in [4.78, 5) is 14.6. The number of aromatic nitrogens is 2. The van der Waals surface area contributed by atoms with E-state index in [1.165, 1.54) is 5.56 Å². The molecule has 128 valence electrons. The fraction of sp³-hybridized carbons (Fsp3) is 0.333. The van der Waals surface area contributed by atoms with Gasteiger partial charge in [-0.25, -0.2) is 0 Å². The first kappa shape index (κ1) is 15.9. The van der Waals surface area contributed by atoms with E-state index in [1.807, 2.05) is 40.0 Å². The van der Waals surface area contributed by atoms with Crippen LogP contribution in [0.4, 0.5) is 0 Å². The molecule has 2 heterocycles. The van der Waals surface area contributed by atoms with Crippen LogP contribution in [0.15, 0.2) is 60.8 Å². The van der Waals surface area contributed by atoms with Crippen LogP contribution in [0.1, 0.15) is 18.4 Å². The maximum absolute atomic E-state index is 12.6. The minimum Gasteiger partial charge on any atom is -0.341 e. The highest BCUT2D eigenvalue weighted by Crippen LogP contribution is 2.22. The van der Waals surface area contributed by atoms with Crippen LogP contribution in [-0.4, -0.2) is 33.7 Å². The van der Waals surface area contributed by atoms with Gasteiger partial charge in [-0.2, -0.15) is 5.10 Å². The molecule has 25 heavy (non-hydrogen) atoms. The van der Waals surface area contributed by atoms with E-state index in [-0.39, 0.29) is 5.91 Å². The standard InChI is InChI=1S/C21H23N3O/c25-21(16-24-20-9-5-4-8-19(20)15-22-24)23-12-10-18(11-13-23)14-17-6-2-1-3-7-17/h1-9,15,18H,10-14,16H2. The first-order valence-corrected chi connectivity index (χ1v) is 9.02. The van der Waals surface area contributed by atoms with E-state index in [4.69, 9.17) is 0 Å². The topological polar surface area (TPSA) is 38.1 Å². The summed E-state index contributed by atoms with van der Waals surface area (Å²) in [6.45, 7) is 2.04. The fourth-order valence-electron chi connectivity index (χ4n) is 3.71. The number of rotatable bonds is 4. The van der Waals surface area contributed by atoms with Crippen molar-refractivity contribution in [3.05, 3.63) is 66.4 Å². The molecule has 2 aromatic carbocycles. The molecular formula is C21H23N3O. The summed E-state index contributed by atoms with van der Waals surface area (Å²) in [6.07, 6.45) is 5.11. The van der Waals surface area contributed by atoms with Gasteiger partial charge in [-0.15, -0.1) is 0 Å². The number of likely N-dealkylation sites (tertiary alicyclic amines) is 1. The molecule has 1 aromatic heterocycles. The molecule has 4 nitrogen and oxygen atoms in total. The highest BCUT2D eigenvalue weighted by molar-refractivity contribution is 5.82. The number of hydrogen-bond acceptors (Lipinski definition) is 2. The van der Waals surface area contributed by atoms with Crippen molar-refractivity contribution in [2.75, 3.05) is 13.1 Å². The Morgan fingerprint density at radius 2 is 1.72 bits per heavy atom. The average molecular weight is 333 g/mol. The molecule has 0 unspecified atom stereocenters. The number of hydrogen-bond donors (Lipinski definition) is 0. The van der Waals surface area contributed by atoms with Crippen molar-refractivity contribution in [3.8, 4) is 0 Å². The Labute approximate surface area is 148 Å². The first-order valence-electron chi connectivity index (χ1n) is 9.02. The van der Waals surface area contributed by atoms with Crippen molar-refractivity contribution in [1.29, 1.82) is 0 Å². The van der Waals surface area contributed by atoms with Crippen molar-refractivity contribution in [1.82, 2.24) is 14.7 Å². The van der Waals surface area contributed by atoms with E-state index in [2.05, 4.69) is 35.4 Å². The van der Waals surface area contributed by atoms with Gasteiger partial charge in [0.1, 0.15) is 6.54 Å². The number of fused-ring (bicyclic) bond motifs is 1. The number of para-hydroxylation sites is 1. The SMILES string of the molecule is O=C(Cn1ncc2ccccc21)N1CCC(Cc2ccccc2)CC1. The molecule has 1 aliphatic rings. The lowest BCUT2D eigenvalue weighted by molar-refractivity contribution is -0.133. The number of carbonyl (C=O) groups is 1. The third-order valence-electron chi connectivity index (χ3n) is 5.17. The largest absolute Gasteiger partial charge is 0.341 e. The summed E-state index contributed by atoms with van der Waals surface area (Å²) in [7, 11) is 0. The summed E-state index contributed by atoms with van der Waals surface area (Å²) in [5.41, 5.74) is 2.42. The highest BCUT2D eigenvalue weighted by Gasteiger charge is 2.23. The minimum atomic E-state index is 0.173. The second-order valence-corrected chi connectivity index (χ2v) is 6.87. The van der Waals surface area contributed by atoms with E-state index < -0.39 is 0 Å². The Hall–Kier alpha value is -2.62. The molecule has 0 saturated carbocycles. The van der Waals surface area contributed by atoms with Crippen LogP contribution >= 0.6 is 0 Å². The lowest BCUT2D eigenvalue weighted by Gasteiger charge is -2.32. The average Bonchev–Trinajstić information content (AvgIpc) is 3.06. The number of piperidine rings is 1. The smallest absolute Gasteiger partial charge is 0.244 e. The molecule has 0 bridgehead atoms. The van der Waals surface area contributed by atoms with E-state index in [1.54, 1.807) is 0 Å². The van der Waals surface area contributed by atoms with Gasteiger partial charge in [-0.05, 0) is 36.8 Å². The van der Waals surface area contributed by atoms with Crippen molar-refractivity contribution in [2.45, 2.75) is 25.8 Å². The molecule has 0 radical (unpaired) electrons. The van der Waals surface area contributed by atoms with Crippen LogP contribution in [0.25, 0.3) is 10.9 Å². The number of nitrogens with zero attached hydrogens (tertiary/aromatic N) is 3. The molecule has 0 atom stereocenters. The zero-order valence-corrected chi connectivity index (χ0v) is 14.3. The molecule has 1 fully saturated rings. The molecule has 4 rings (SSSR count). The molecule has 0 spiro atoms. The molecule has 1 amide bonds. The molecule has 3 aromatic rings. The van der Waals surface area contributed by atoms with Gasteiger partial charge in [0.2, 0.25) is 5.91 Å². The second kappa shape index (κ2) is 7.09. The quantitative estimate of drug-likeness (QED) is 0.733. The summed E-state index contributed by atoms with van der Waals surface area (Å²) < 4.78 is 1.81. The van der Waals surface area contributed by atoms with E-state index >= 15 is 0 Å². The van der Waals surface area contributed by atoms with Gasteiger partial charge in [-0.3, -0.25) is 9.48 Å². The van der Waals surface area contributed by atoms with Gasteiger partial charge in [0.05, 0.1) is 11.7 Å². The van der Waals surface area contributed by atoms with Crippen LogP contribution in [0.5, 0.6) is 0 Å². The molecule has 0 N–H and O–H groups in total. The third-order valence-corrected chi connectivity index (χ3v) is 5.17. The molecular weight excluding hydrogens is 310 g/mol. The summed E-state index contributed by atoms with van der Waals surface area (Å²) in [5, 5.41) is 5.45. The molecule has 4 heteroatoms. The number of amides is 1. The van der Waals surface area contributed by atoms with Crippen molar-refractivity contribution in [2.24, 2.45) is 5.92 Å². The van der Waals surface area contributed by atoms with E-state index in [9.17, 15) is 4.79 Å². The number of benzene rings is 2. The van der Waals surface area contributed by atoms with Crippen LogP contribution in [-0.2, 0) is 17.8 Å². The number of carbonyl (C=O) groups excluding carboxylic acids is 1. The summed E-state index contributed by atoms with van der Waals surface area (Å²) in [5.74, 6) is 0.851. The van der Waals surface area contributed by atoms with Crippen LogP contribution in [0.3, 0.4) is 0 Å². The fourth-order valence-corrected chi connectivity index (χ4v) is 3.71. The summed E-state index contributed by atoms with van der Waals surface area (Å²) in [6, 6.07) is 18.7. The van der Waals surface area contributed by atoms with Crippen LogP contribution in [0, 0.1) is 5.92 Å². The molecule has 1 saturated heterocycles. The van der Waals surface area contributed by atoms with E-state index in [0.29, 0.717) is 12.5 Å². The van der Waals surface area contributed by atoms with Gasteiger partial charge in [0, 0.05) is 18.5 Å². The Kier molecular flexibility index (Phi) is 4.51. The zero-order valence-electron chi connectivity index (χ0n) is 14.3. The zero-order chi connectivity index (χ0) is 17.1. The second-order valence-electron chi connectivity index (χ2n) is 6.87. The molecule has 1 aliphatic heterocycles. The van der Waals surface area contributed by atoms with Crippen LogP contribution in [0.2, 0.25) is 0 Å². The van der Waals surface area contributed by atoms with Crippen molar-refractivity contribution in [3.63, 3.8) is 0 Å². The maximum Gasteiger partial charge on any atom is 0.244 e. The minimum absolute atomic E-state index is 0.173. The van der Waals surface area contributed by atoms with Gasteiger partial charge in [0.15, 0.2) is 0 Å². The maximum atomic E-state index is 12.6. The first-order chi connectivity index (χ1) is 12.3. The van der Waals surface area contributed by atoms with Crippen LogP contribution < -0.4 is 0 Å². The Morgan fingerprint density at radius 3 is 2.52 bits per heavy atom. The van der Waals surface area contributed by atoms with Crippen molar-refractivity contribution >= 4 is 16.8 Å². The van der Waals surface area contributed by atoms with Gasteiger partial charge in [0.25, 0.3) is 0 Å².